The molecule has 9 heteroatoms. The second-order valence-electron chi connectivity index (χ2n) is 7.08. The van der Waals surface area contributed by atoms with Gasteiger partial charge in [-0.1, -0.05) is 16.8 Å². The topological polar surface area (TPSA) is 81.4 Å². The number of aliphatic hydroxyl groups excluding tert-OH is 1. The van der Waals surface area contributed by atoms with Crippen LogP contribution in [0.4, 0.5) is 0 Å². The van der Waals surface area contributed by atoms with E-state index < -0.39 is 11.7 Å². The standard InChI is InChI=1S/C17H23ClN4O3S/c1-10-6-17(16-11(5-15(18)26-16)14(23)9-25-17)7-12(19-10)13-8-22(21-20-13)3-4-24-2/h5,8,10,12,14,19,23H,3-4,6-7,9H2,1-2H3/t10-,12-,14+,17-/m0/s1. The number of ether oxygens (including phenoxy) is 2. The van der Waals surface area contributed by atoms with Gasteiger partial charge < -0.3 is 19.9 Å². The number of aliphatic hydroxyl groups is 1. The Balaban J connectivity index is 1.63. The van der Waals surface area contributed by atoms with Gasteiger partial charge in [0.2, 0.25) is 0 Å². The van der Waals surface area contributed by atoms with Crippen molar-refractivity contribution in [1.82, 2.24) is 20.3 Å². The summed E-state index contributed by atoms with van der Waals surface area (Å²) in [6.45, 7) is 3.70. The fraction of sp³-hybridized carbons (Fsp3) is 0.647. The highest BCUT2D eigenvalue weighted by Gasteiger charge is 2.48. The molecule has 26 heavy (non-hydrogen) atoms. The average molecular weight is 399 g/mol. The first kappa shape index (κ1) is 18.3. The van der Waals surface area contributed by atoms with E-state index in [0.29, 0.717) is 24.1 Å². The summed E-state index contributed by atoms with van der Waals surface area (Å²) >= 11 is 7.77. The molecule has 0 radical (unpaired) electrons. The first-order chi connectivity index (χ1) is 12.5. The maximum Gasteiger partial charge on any atom is 0.106 e. The largest absolute Gasteiger partial charge is 0.386 e. The molecule has 1 saturated heterocycles. The predicted molar refractivity (Wildman–Crippen MR) is 98.4 cm³/mol. The van der Waals surface area contributed by atoms with Crippen LogP contribution in [0.3, 0.4) is 0 Å². The zero-order valence-corrected chi connectivity index (χ0v) is 16.4. The van der Waals surface area contributed by atoms with E-state index in [2.05, 4.69) is 22.6 Å². The Morgan fingerprint density at radius 1 is 1.54 bits per heavy atom. The minimum Gasteiger partial charge on any atom is -0.386 e. The molecule has 2 aromatic rings. The molecule has 1 fully saturated rings. The van der Waals surface area contributed by atoms with E-state index in [9.17, 15) is 5.11 Å². The van der Waals surface area contributed by atoms with E-state index in [4.69, 9.17) is 21.1 Å². The number of halogens is 1. The molecule has 2 aromatic heterocycles. The van der Waals surface area contributed by atoms with Gasteiger partial charge in [-0.05, 0) is 19.4 Å². The number of fused-ring (bicyclic) bond motifs is 2. The minimum atomic E-state index is -0.613. The van der Waals surface area contributed by atoms with Gasteiger partial charge in [-0.2, -0.15) is 0 Å². The van der Waals surface area contributed by atoms with Gasteiger partial charge in [-0.25, -0.2) is 4.68 Å². The van der Waals surface area contributed by atoms with E-state index in [1.807, 2.05) is 12.3 Å². The van der Waals surface area contributed by atoms with Gasteiger partial charge in [0, 0.05) is 30.0 Å². The Labute approximate surface area is 161 Å². The van der Waals surface area contributed by atoms with Gasteiger partial charge in [-0.15, -0.1) is 16.4 Å². The van der Waals surface area contributed by atoms with Crippen molar-refractivity contribution in [1.29, 1.82) is 0 Å². The molecule has 0 saturated carbocycles. The summed E-state index contributed by atoms with van der Waals surface area (Å²) < 4.78 is 13.8. The molecule has 0 unspecified atom stereocenters. The molecule has 0 aliphatic carbocycles. The molecule has 0 bridgehead atoms. The predicted octanol–water partition coefficient (Wildman–Crippen LogP) is 2.41. The quantitative estimate of drug-likeness (QED) is 0.823. The molecule has 4 heterocycles. The van der Waals surface area contributed by atoms with E-state index in [0.717, 1.165) is 29.0 Å². The molecule has 4 atom stereocenters. The monoisotopic (exact) mass is 398 g/mol. The Morgan fingerprint density at radius 2 is 2.38 bits per heavy atom. The second kappa shape index (κ2) is 7.18. The molecule has 2 N–H and O–H groups in total. The van der Waals surface area contributed by atoms with Gasteiger partial charge in [0.15, 0.2) is 0 Å². The van der Waals surface area contributed by atoms with Crippen LogP contribution in [-0.4, -0.2) is 46.5 Å². The highest BCUT2D eigenvalue weighted by molar-refractivity contribution is 7.16. The highest BCUT2D eigenvalue weighted by atomic mass is 35.5. The van der Waals surface area contributed by atoms with Crippen LogP contribution in [-0.2, 0) is 21.6 Å². The molecule has 4 rings (SSSR count). The average Bonchev–Trinajstić information content (AvgIpc) is 3.24. The highest BCUT2D eigenvalue weighted by Crippen LogP contribution is 2.51. The summed E-state index contributed by atoms with van der Waals surface area (Å²) in [6.07, 6.45) is 2.91. The summed E-state index contributed by atoms with van der Waals surface area (Å²) in [5.41, 5.74) is 1.35. The number of methoxy groups -OCH3 is 1. The number of hydrogen-bond acceptors (Lipinski definition) is 7. The van der Waals surface area contributed by atoms with Crippen molar-refractivity contribution in [2.45, 2.75) is 50.1 Å². The smallest absolute Gasteiger partial charge is 0.106 e. The molecular weight excluding hydrogens is 376 g/mol. The lowest BCUT2D eigenvalue weighted by Crippen LogP contribution is -2.50. The Bertz CT molecular complexity index is 782. The van der Waals surface area contributed by atoms with Crippen LogP contribution in [0.15, 0.2) is 12.3 Å². The molecule has 2 aliphatic rings. The Kier molecular flexibility index (Phi) is 5.06. The lowest BCUT2D eigenvalue weighted by Gasteiger charge is -2.46. The van der Waals surface area contributed by atoms with E-state index in [1.165, 1.54) is 11.3 Å². The van der Waals surface area contributed by atoms with E-state index >= 15 is 0 Å². The summed E-state index contributed by atoms with van der Waals surface area (Å²) in [4.78, 5) is 1.05. The summed E-state index contributed by atoms with van der Waals surface area (Å²) in [7, 11) is 1.67. The van der Waals surface area contributed by atoms with Crippen molar-refractivity contribution in [2.75, 3.05) is 20.3 Å². The molecular formula is C17H23ClN4O3S. The number of rotatable bonds is 4. The molecule has 142 valence electrons. The van der Waals surface area contributed by atoms with Crippen molar-refractivity contribution in [2.24, 2.45) is 0 Å². The number of nitrogens with one attached hydrogen (secondary N) is 1. The summed E-state index contributed by atoms with van der Waals surface area (Å²) in [5.74, 6) is 0. The molecule has 0 amide bonds. The Hall–Kier alpha value is -1.03. The zero-order valence-electron chi connectivity index (χ0n) is 14.8. The van der Waals surface area contributed by atoms with Gasteiger partial charge in [0.1, 0.15) is 11.7 Å². The van der Waals surface area contributed by atoms with E-state index in [-0.39, 0.29) is 12.1 Å². The number of hydrogen-bond donors (Lipinski definition) is 2. The zero-order chi connectivity index (χ0) is 18.3. The van der Waals surface area contributed by atoms with Gasteiger partial charge in [0.05, 0.1) is 42.0 Å². The van der Waals surface area contributed by atoms with Crippen LogP contribution in [0.1, 0.15) is 48.0 Å². The molecule has 7 nitrogen and oxygen atoms in total. The number of aromatic nitrogens is 3. The molecule has 1 spiro atoms. The van der Waals surface area contributed by atoms with Crippen LogP contribution in [0.5, 0.6) is 0 Å². The fourth-order valence-electron chi connectivity index (χ4n) is 4.00. The number of thiophene rings is 1. The van der Waals surface area contributed by atoms with Crippen molar-refractivity contribution >= 4 is 22.9 Å². The number of piperidine rings is 1. The first-order valence-electron chi connectivity index (χ1n) is 8.77. The lowest BCUT2D eigenvalue weighted by atomic mass is 9.79. The number of nitrogens with zero attached hydrogens (tertiary/aromatic N) is 3. The third kappa shape index (κ3) is 3.30. The van der Waals surface area contributed by atoms with Crippen LogP contribution in [0.2, 0.25) is 4.34 Å². The first-order valence-corrected chi connectivity index (χ1v) is 9.97. The van der Waals surface area contributed by atoms with Crippen molar-refractivity contribution < 1.29 is 14.6 Å². The SMILES string of the molecule is COCCn1cc([C@@H]2C[C@]3(C[C@H](C)N2)OC[C@@H](O)c2cc(Cl)sc23)nn1. The van der Waals surface area contributed by atoms with Gasteiger partial charge in [-0.3, -0.25) is 0 Å². The maximum atomic E-state index is 10.3. The van der Waals surface area contributed by atoms with Gasteiger partial charge >= 0.3 is 0 Å². The lowest BCUT2D eigenvalue weighted by molar-refractivity contribution is -0.129. The normalized spacial score (nSPS) is 31.3. The minimum absolute atomic E-state index is 0.0269. The van der Waals surface area contributed by atoms with Crippen molar-refractivity contribution in [3.8, 4) is 0 Å². The second-order valence-corrected chi connectivity index (χ2v) is 8.77. The van der Waals surface area contributed by atoms with Crippen molar-refractivity contribution in [3.05, 3.63) is 32.7 Å². The van der Waals surface area contributed by atoms with Crippen molar-refractivity contribution in [3.63, 3.8) is 0 Å². The third-order valence-electron chi connectivity index (χ3n) is 5.11. The Morgan fingerprint density at radius 3 is 3.19 bits per heavy atom. The third-order valence-corrected chi connectivity index (χ3v) is 6.58. The van der Waals surface area contributed by atoms with Crippen LogP contribution >= 0.6 is 22.9 Å². The van der Waals surface area contributed by atoms with Crippen LogP contribution in [0.25, 0.3) is 0 Å². The van der Waals surface area contributed by atoms with Crippen LogP contribution < -0.4 is 5.32 Å². The molecule has 2 aliphatic heterocycles. The fourth-order valence-corrected chi connectivity index (χ4v) is 5.45. The molecule has 0 aromatic carbocycles. The summed E-state index contributed by atoms with van der Waals surface area (Å²) in [5, 5.41) is 22.4. The van der Waals surface area contributed by atoms with Gasteiger partial charge in [0.25, 0.3) is 0 Å². The van der Waals surface area contributed by atoms with Crippen LogP contribution in [0, 0.1) is 0 Å². The summed E-state index contributed by atoms with van der Waals surface area (Å²) in [6, 6.07) is 2.14. The maximum absolute atomic E-state index is 10.3. The van der Waals surface area contributed by atoms with E-state index in [1.54, 1.807) is 11.8 Å².